The Kier molecular flexibility index (Phi) is 4.70. The van der Waals surface area contributed by atoms with E-state index in [9.17, 15) is 9.59 Å². The second-order valence-corrected chi connectivity index (χ2v) is 5.59. The molecule has 0 saturated carbocycles. The third-order valence-electron chi connectivity index (χ3n) is 3.87. The highest BCUT2D eigenvalue weighted by atomic mass is 16.4. The standard InChI is InChI=1S/C19H17N3O3/c1-2-11-22-16-6-4-3-5-15(16)17(18(22)23)21-20-12-13-7-9-14(10-8-13)19(24)25/h3-10,12H,2,11H2,1H3,(H,24,25)/b20-12-,21-17+. The van der Waals surface area contributed by atoms with Crippen LogP contribution in [0.15, 0.2) is 58.7 Å². The molecule has 0 spiro atoms. The number of carbonyl (C=O) groups is 2. The summed E-state index contributed by atoms with van der Waals surface area (Å²) in [7, 11) is 0. The van der Waals surface area contributed by atoms with Gasteiger partial charge in [0, 0.05) is 12.1 Å². The minimum Gasteiger partial charge on any atom is -0.478 e. The number of nitrogens with zero attached hydrogens (tertiary/aromatic N) is 3. The predicted molar refractivity (Wildman–Crippen MR) is 96.6 cm³/mol. The maximum atomic E-state index is 12.6. The van der Waals surface area contributed by atoms with Gasteiger partial charge in [-0.15, -0.1) is 5.10 Å². The number of hydrogen-bond donors (Lipinski definition) is 1. The Morgan fingerprint density at radius 2 is 1.88 bits per heavy atom. The van der Waals surface area contributed by atoms with Crippen LogP contribution in [-0.2, 0) is 4.79 Å². The molecule has 0 aliphatic carbocycles. The molecule has 3 rings (SSSR count). The second-order valence-electron chi connectivity index (χ2n) is 5.59. The van der Waals surface area contributed by atoms with Crippen LogP contribution in [0.3, 0.4) is 0 Å². The highest BCUT2D eigenvalue weighted by molar-refractivity contribution is 6.54. The Bertz CT molecular complexity index is 870. The molecule has 0 unspecified atom stereocenters. The quantitative estimate of drug-likeness (QED) is 0.673. The van der Waals surface area contributed by atoms with Gasteiger partial charge in [0.15, 0.2) is 5.71 Å². The van der Waals surface area contributed by atoms with Crippen molar-refractivity contribution >= 4 is 29.5 Å². The molecule has 1 N–H and O–H groups in total. The molecule has 1 aliphatic heterocycles. The number of para-hydroxylation sites is 1. The zero-order valence-corrected chi connectivity index (χ0v) is 13.7. The van der Waals surface area contributed by atoms with E-state index in [1.807, 2.05) is 31.2 Å². The number of hydrogen-bond acceptors (Lipinski definition) is 4. The minimum absolute atomic E-state index is 0.151. The third-order valence-corrected chi connectivity index (χ3v) is 3.87. The summed E-state index contributed by atoms with van der Waals surface area (Å²) in [6.07, 6.45) is 2.35. The van der Waals surface area contributed by atoms with Crippen LogP contribution in [0.1, 0.15) is 34.8 Å². The molecular formula is C19H17N3O3. The second kappa shape index (κ2) is 7.09. The number of amides is 1. The predicted octanol–water partition coefficient (Wildman–Crippen LogP) is 2.96. The number of anilines is 1. The van der Waals surface area contributed by atoms with Gasteiger partial charge in [0.2, 0.25) is 0 Å². The largest absolute Gasteiger partial charge is 0.478 e. The van der Waals surface area contributed by atoms with E-state index < -0.39 is 5.97 Å². The molecule has 1 aliphatic rings. The molecule has 0 bridgehead atoms. The monoisotopic (exact) mass is 335 g/mol. The summed E-state index contributed by atoms with van der Waals surface area (Å²) in [5.74, 6) is -1.13. The molecule has 1 amide bonds. The molecule has 6 nitrogen and oxygen atoms in total. The average Bonchev–Trinajstić information content (AvgIpc) is 2.88. The number of carboxylic acids is 1. The van der Waals surface area contributed by atoms with Crippen LogP contribution in [0.25, 0.3) is 0 Å². The lowest BCUT2D eigenvalue weighted by molar-refractivity contribution is -0.112. The normalized spacial score (nSPS) is 15.2. The van der Waals surface area contributed by atoms with Gasteiger partial charge in [-0.25, -0.2) is 4.79 Å². The van der Waals surface area contributed by atoms with Gasteiger partial charge in [-0.05, 0) is 30.2 Å². The average molecular weight is 335 g/mol. The zero-order valence-electron chi connectivity index (χ0n) is 13.7. The maximum absolute atomic E-state index is 12.6. The van der Waals surface area contributed by atoms with E-state index in [1.165, 1.54) is 18.3 Å². The first-order valence-corrected chi connectivity index (χ1v) is 7.97. The van der Waals surface area contributed by atoms with Gasteiger partial charge < -0.3 is 10.0 Å². The van der Waals surface area contributed by atoms with E-state index in [1.54, 1.807) is 17.0 Å². The number of aromatic carboxylic acids is 1. The number of rotatable bonds is 5. The molecular weight excluding hydrogens is 318 g/mol. The summed E-state index contributed by atoms with van der Waals surface area (Å²) in [6, 6.07) is 13.8. The lowest BCUT2D eigenvalue weighted by Gasteiger charge is -2.14. The van der Waals surface area contributed by atoms with Crippen LogP contribution >= 0.6 is 0 Å². The summed E-state index contributed by atoms with van der Waals surface area (Å²) in [4.78, 5) is 25.1. The first-order valence-electron chi connectivity index (χ1n) is 7.97. The summed E-state index contributed by atoms with van der Waals surface area (Å²) < 4.78 is 0. The van der Waals surface area contributed by atoms with Crippen LogP contribution in [-0.4, -0.2) is 35.5 Å². The molecule has 0 aromatic heterocycles. The number of fused-ring (bicyclic) bond motifs is 1. The lowest BCUT2D eigenvalue weighted by atomic mass is 10.1. The molecule has 0 fully saturated rings. The number of carboxylic acid groups (broad SMARTS) is 1. The summed E-state index contributed by atoms with van der Waals surface area (Å²) in [5, 5.41) is 17.0. The molecule has 126 valence electrons. The molecule has 0 atom stereocenters. The fourth-order valence-corrected chi connectivity index (χ4v) is 2.67. The van der Waals surface area contributed by atoms with Gasteiger partial charge in [-0.1, -0.05) is 37.3 Å². The van der Waals surface area contributed by atoms with Gasteiger partial charge in [0.25, 0.3) is 5.91 Å². The highest BCUT2D eigenvalue weighted by Gasteiger charge is 2.33. The topological polar surface area (TPSA) is 82.3 Å². The summed E-state index contributed by atoms with van der Waals surface area (Å²) in [5.41, 5.74) is 2.87. The number of benzene rings is 2. The van der Waals surface area contributed by atoms with E-state index in [2.05, 4.69) is 10.2 Å². The van der Waals surface area contributed by atoms with E-state index in [0.717, 1.165) is 17.7 Å². The Labute approximate surface area is 145 Å². The van der Waals surface area contributed by atoms with Gasteiger partial charge in [0.1, 0.15) is 0 Å². The van der Waals surface area contributed by atoms with Crippen molar-refractivity contribution in [3.8, 4) is 0 Å². The molecule has 1 heterocycles. The van der Waals surface area contributed by atoms with E-state index in [4.69, 9.17) is 5.11 Å². The fourth-order valence-electron chi connectivity index (χ4n) is 2.67. The van der Waals surface area contributed by atoms with Crippen molar-refractivity contribution < 1.29 is 14.7 Å². The highest BCUT2D eigenvalue weighted by Crippen LogP contribution is 2.29. The Balaban J connectivity index is 1.85. The summed E-state index contributed by atoms with van der Waals surface area (Å²) in [6.45, 7) is 2.65. The first-order chi connectivity index (χ1) is 12.1. The van der Waals surface area contributed by atoms with Crippen molar-refractivity contribution in [2.45, 2.75) is 13.3 Å². The van der Waals surface area contributed by atoms with Crippen LogP contribution in [0.5, 0.6) is 0 Å². The molecule has 0 radical (unpaired) electrons. The molecule has 2 aromatic rings. The molecule has 2 aromatic carbocycles. The molecule has 25 heavy (non-hydrogen) atoms. The Hall–Kier alpha value is -3.28. The van der Waals surface area contributed by atoms with Gasteiger partial charge >= 0.3 is 5.97 Å². The van der Waals surface area contributed by atoms with E-state index in [0.29, 0.717) is 17.8 Å². The van der Waals surface area contributed by atoms with Crippen molar-refractivity contribution in [2.75, 3.05) is 11.4 Å². The molecule has 0 saturated heterocycles. The zero-order chi connectivity index (χ0) is 17.8. The fraction of sp³-hybridized carbons (Fsp3) is 0.158. The Morgan fingerprint density at radius 3 is 2.56 bits per heavy atom. The molecule has 6 heteroatoms. The van der Waals surface area contributed by atoms with E-state index >= 15 is 0 Å². The number of carbonyl (C=O) groups excluding carboxylic acids is 1. The first kappa shape index (κ1) is 16.6. The SMILES string of the molecule is CCCN1C(=O)/C(=N/N=C\c2ccc(C(=O)O)cc2)c2ccccc21. The Morgan fingerprint density at radius 1 is 1.16 bits per heavy atom. The van der Waals surface area contributed by atoms with Crippen LogP contribution in [0.4, 0.5) is 5.69 Å². The maximum Gasteiger partial charge on any atom is 0.335 e. The van der Waals surface area contributed by atoms with Gasteiger partial charge in [-0.3, -0.25) is 4.79 Å². The van der Waals surface area contributed by atoms with Crippen molar-refractivity contribution in [1.29, 1.82) is 0 Å². The van der Waals surface area contributed by atoms with Gasteiger partial charge in [-0.2, -0.15) is 5.10 Å². The van der Waals surface area contributed by atoms with Gasteiger partial charge in [0.05, 0.1) is 17.5 Å². The van der Waals surface area contributed by atoms with Crippen molar-refractivity contribution in [2.24, 2.45) is 10.2 Å². The van der Waals surface area contributed by atoms with Crippen LogP contribution < -0.4 is 4.90 Å². The third kappa shape index (κ3) is 3.33. The summed E-state index contributed by atoms with van der Waals surface area (Å²) >= 11 is 0. The van der Waals surface area contributed by atoms with Crippen LogP contribution in [0, 0.1) is 0 Å². The minimum atomic E-state index is -0.979. The van der Waals surface area contributed by atoms with Crippen LogP contribution in [0.2, 0.25) is 0 Å². The lowest BCUT2D eigenvalue weighted by Crippen LogP contribution is -2.30. The van der Waals surface area contributed by atoms with Crippen molar-refractivity contribution in [3.05, 3.63) is 65.2 Å². The van der Waals surface area contributed by atoms with Crippen molar-refractivity contribution in [3.63, 3.8) is 0 Å². The van der Waals surface area contributed by atoms with Crippen molar-refractivity contribution in [1.82, 2.24) is 0 Å². The smallest absolute Gasteiger partial charge is 0.335 e. The van der Waals surface area contributed by atoms with E-state index in [-0.39, 0.29) is 11.5 Å².